The fraction of sp³-hybridized carbons (Fsp3) is 0.933. The van der Waals surface area contributed by atoms with Gasteiger partial charge in [0, 0.05) is 56.2 Å². The first-order valence-corrected chi connectivity index (χ1v) is 6.75. The van der Waals surface area contributed by atoms with Crippen LogP contribution in [0.1, 0.15) is 0 Å². The molecule has 0 saturated carbocycles. The minimum atomic E-state index is 0. The van der Waals surface area contributed by atoms with Crippen LogP contribution in [0.5, 0.6) is 0 Å². The molecule has 0 atom stereocenters. The zero-order valence-electron chi connectivity index (χ0n) is 21.2. The molecule has 0 aliphatic heterocycles. The molecule has 16 heteroatoms. The van der Waals surface area contributed by atoms with Crippen molar-refractivity contribution in [1.29, 1.82) is 0 Å². The predicted octanol–water partition coefficient (Wildman–Crippen LogP) is 0.645. The van der Waals surface area contributed by atoms with Gasteiger partial charge in [0.15, 0.2) is 0 Å². The molecule has 211 valence electrons. The molecule has 0 aliphatic rings. The van der Waals surface area contributed by atoms with Crippen LogP contribution in [0.3, 0.4) is 0 Å². The number of carbonyl (C=O) groups is 1. The summed E-state index contributed by atoms with van der Waals surface area (Å²) in [6.07, 6.45) is 0.750. The topological polar surface area (TPSA) is 20.3 Å². The molecule has 0 unspecified atom stereocenters. The van der Waals surface area contributed by atoms with Gasteiger partial charge in [0.1, 0.15) is 0 Å². The zero-order valence-corrected chi connectivity index (χ0v) is 32.6. The van der Waals surface area contributed by atoms with E-state index in [4.69, 9.17) is 0 Å². The van der Waals surface area contributed by atoms with Crippen molar-refractivity contribution in [1.82, 2.24) is 4.90 Å². The van der Waals surface area contributed by atoms with Crippen LogP contribution in [0.2, 0.25) is 0 Å². The second-order valence-corrected chi connectivity index (χ2v) is 9.12. The van der Waals surface area contributed by atoms with E-state index in [0.29, 0.717) is 0 Å². The molecule has 1 radical (unpaired) electrons. The fourth-order valence-corrected chi connectivity index (χ4v) is 0. The summed E-state index contributed by atoms with van der Waals surface area (Å²) in [6, 6.07) is 0. The average molecular weight is 807 g/mol. The molecule has 5 nitrogen and oxygen atoms in total. The first-order chi connectivity index (χ1) is 8.27. The van der Waals surface area contributed by atoms with Crippen LogP contribution in [0.4, 0.5) is 0 Å². The van der Waals surface area contributed by atoms with E-state index in [-0.39, 0.29) is 167 Å². The van der Waals surface area contributed by atoms with Gasteiger partial charge >= 0.3 is 17.1 Å². The van der Waals surface area contributed by atoms with E-state index in [2.05, 4.69) is 84.6 Å². The largest absolute Gasteiger partial charge is 2.00 e. The summed E-state index contributed by atoms with van der Waals surface area (Å²) in [5.41, 5.74) is 0. The Hall–Kier alpha value is 4.05. The Morgan fingerprint density at radius 2 is 0.484 bits per heavy atom. The summed E-state index contributed by atoms with van der Waals surface area (Å²) >= 11 is 0. The Labute approximate surface area is 292 Å². The van der Waals surface area contributed by atoms with Crippen molar-refractivity contribution in [3.63, 3.8) is 0 Å². The van der Waals surface area contributed by atoms with Gasteiger partial charge < -0.3 is 126 Å². The third kappa shape index (κ3) is 956. The van der Waals surface area contributed by atoms with Crippen LogP contribution in [-0.2, 0) is 172 Å². The molecular weight excluding hydrogens is 764 g/mol. The van der Waals surface area contributed by atoms with E-state index in [1.54, 1.807) is 14.1 Å². The Morgan fingerprint density at radius 1 is 0.452 bits per heavy atom. The normalized spacial score (nSPS) is 6.90. The molecule has 1 amide bonds. The first kappa shape index (κ1) is 101. The smallest absolute Gasteiger partial charge is 2.00 e. The molecule has 0 heterocycles. The SMILES string of the molecule is CN(C)C=O.C[N+](C)(C)C.C[N+](C)(C)C.C[N+](C)(C)C.[Cu+2].[Mo].[Mo].[S-2].[S-2].[S-2].[S-2].[S-2].[S-2].[S-2].[S-2]. The van der Waals surface area contributed by atoms with Gasteiger partial charge in [0.25, 0.3) is 0 Å². The molecule has 0 aromatic heterocycles. The Balaban J connectivity index is -0.00000000757. The van der Waals surface area contributed by atoms with E-state index in [9.17, 15) is 4.79 Å². The number of quaternary nitrogens is 3. The van der Waals surface area contributed by atoms with Gasteiger partial charge in [-0.25, -0.2) is 0 Å². The van der Waals surface area contributed by atoms with Gasteiger partial charge in [-0.2, -0.15) is 0 Å². The molecular formula is C15H43CuMo2N4OS8-11. The summed E-state index contributed by atoms with van der Waals surface area (Å²) in [6.45, 7) is 0. The molecule has 0 aliphatic carbocycles. The summed E-state index contributed by atoms with van der Waals surface area (Å²) in [5.74, 6) is 0. The minimum absolute atomic E-state index is 0. The molecule has 0 aromatic rings. The van der Waals surface area contributed by atoms with E-state index < -0.39 is 0 Å². The van der Waals surface area contributed by atoms with Crippen LogP contribution in [0, 0.1) is 0 Å². The van der Waals surface area contributed by atoms with Crippen LogP contribution >= 0.6 is 0 Å². The van der Waals surface area contributed by atoms with Crippen molar-refractivity contribution < 1.29 is 77.4 Å². The Kier molecular flexibility index (Phi) is 179. The molecule has 0 fully saturated rings. The van der Waals surface area contributed by atoms with E-state index >= 15 is 0 Å². The number of hydrogen-bond donors (Lipinski definition) is 0. The van der Waals surface area contributed by atoms with Crippen molar-refractivity contribution in [3.8, 4) is 0 Å². The second kappa shape index (κ2) is 54.8. The van der Waals surface area contributed by atoms with E-state index in [1.165, 1.54) is 4.90 Å². The van der Waals surface area contributed by atoms with E-state index in [1.807, 2.05) is 0 Å². The van der Waals surface area contributed by atoms with Crippen LogP contribution in [0.15, 0.2) is 0 Å². The fourth-order valence-electron chi connectivity index (χ4n) is 0. The van der Waals surface area contributed by atoms with Crippen molar-refractivity contribution in [2.24, 2.45) is 0 Å². The standard InChI is InChI=1S/3C4H12N.C3H7NO.Cu.2Mo.8S/c3*1-5(2,3)4;1-4(2)3-5;;;;;;;;;;;/h3*1-4H3;3H,1-2H3;;;;;;;;;;;/q3*+1;;+2;;;8*-2. The number of nitrogens with zero attached hydrogens (tertiary/aromatic N) is 4. The van der Waals surface area contributed by atoms with Crippen molar-refractivity contribution in [3.05, 3.63) is 0 Å². The van der Waals surface area contributed by atoms with Crippen molar-refractivity contribution >= 4 is 114 Å². The molecule has 31 heavy (non-hydrogen) atoms. The number of carbonyl (C=O) groups excluding carboxylic acids is 1. The van der Waals surface area contributed by atoms with E-state index in [0.717, 1.165) is 19.9 Å². The summed E-state index contributed by atoms with van der Waals surface area (Å²) in [7, 11) is 28.9. The quantitative estimate of drug-likeness (QED) is 0.217. The molecule has 0 N–H and O–H groups in total. The van der Waals surface area contributed by atoms with Gasteiger partial charge in [0.05, 0.1) is 84.6 Å². The first-order valence-electron chi connectivity index (χ1n) is 6.75. The monoisotopic (exact) mass is 810 g/mol. The number of hydrogen-bond acceptors (Lipinski definition) is 1. The van der Waals surface area contributed by atoms with Gasteiger partial charge in [-0.1, -0.05) is 0 Å². The van der Waals surface area contributed by atoms with Gasteiger partial charge in [-0.15, -0.1) is 0 Å². The van der Waals surface area contributed by atoms with Gasteiger partial charge in [-0.3, -0.25) is 4.79 Å². The molecule has 0 spiro atoms. The maximum Gasteiger partial charge on any atom is 2.00 e. The molecule has 0 bridgehead atoms. The maximum absolute atomic E-state index is 9.43. The zero-order chi connectivity index (χ0) is 17.8. The van der Waals surface area contributed by atoms with Gasteiger partial charge in [0.2, 0.25) is 6.41 Å². The van der Waals surface area contributed by atoms with Crippen molar-refractivity contribution in [2.45, 2.75) is 0 Å². The summed E-state index contributed by atoms with van der Waals surface area (Å²) in [4.78, 5) is 10.9. The summed E-state index contributed by atoms with van der Waals surface area (Å²) < 4.78 is 3.00. The second-order valence-electron chi connectivity index (χ2n) is 9.12. The molecule has 0 rings (SSSR count). The van der Waals surface area contributed by atoms with Crippen LogP contribution in [0.25, 0.3) is 0 Å². The van der Waals surface area contributed by atoms with Gasteiger partial charge in [-0.05, 0) is 0 Å². The number of rotatable bonds is 1. The van der Waals surface area contributed by atoms with Crippen LogP contribution in [-0.4, -0.2) is 123 Å². The Bertz CT molecular complexity index is 202. The third-order valence-electron chi connectivity index (χ3n) is 0.211. The molecule has 0 saturated heterocycles. The maximum atomic E-state index is 9.43. The van der Waals surface area contributed by atoms with Crippen LogP contribution < -0.4 is 0 Å². The average Bonchev–Trinajstić information content (AvgIpc) is 1.93. The minimum Gasteiger partial charge on any atom is -2.00 e. The summed E-state index contributed by atoms with van der Waals surface area (Å²) in [5, 5.41) is 0. The predicted molar refractivity (Wildman–Crippen MR) is 151 cm³/mol. The Morgan fingerprint density at radius 3 is 0.484 bits per heavy atom. The number of amides is 1. The van der Waals surface area contributed by atoms with Crippen molar-refractivity contribution in [2.75, 3.05) is 98.7 Å². The third-order valence-corrected chi connectivity index (χ3v) is 0.211. The molecule has 0 aromatic carbocycles.